The lowest BCUT2D eigenvalue weighted by Crippen LogP contribution is -2.44. The summed E-state index contributed by atoms with van der Waals surface area (Å²) >= 11 is 0. The van der Waals surface area contributed by atoms with Gasteiger partial charge in [0.1, 0.15) is 0 Å². The zero-order valence-electron chi connectivity index (χ0n) is 10.3. The number of unbranched alkanes of at least 4 members (excludes halogenated alkanes) is 1. The molecule has 0 aliphatic heterocycles. The largest absolute Gasteiger partial charge is 0.248 e. The van der Waals surface area contributed by atoms with Crippen LogP contribution in [0.3, 0.4) is 0 Å². The molecule has 0 radical (unpaired) electrons. The van der Waals surface area contributed by atoms with Gasteiger partial charge in [-0.25, -0.2) is 10.0 Å². The van der Waals surface area contributed by atoms with Gasteiger partial charge < -0.3 is 0 Å². The molecule has 0 rings (SSSR count). The molecule has 0 spiro atoms. The van der Waals surface area contributed by atoms with Crippen LogP contribution in [0.2, 0.25) is 0 Å². The fraction of sp³-hybridized carbons (Fsp3) is 0.833. The van der Waals surface area contributed by atoms with Crippen LogP contribution < -0.4 is 0 Å². The molecule has 2 nitrogen and oxygen atoms in total. The Balaban J connectivity index is 4.00. The highest BCUT2D eigenvalue weighted by molar-refractivity contribution is 4.71. The molecule has 84 valence electrons. The quantitative estimate of drug-likeness (QED) is 0.336. The Hall–Kier alpha value is -0.340. The van der Waals surface area contributed by atoms with Crippen LogP contribution in [-0.2, 0) is 0 Å². The van der Waals surface area contributed by atoms with Crippen LogP contribution in [-0.4, -0.2) is 36.7 Å². The van der Waals surface area contributed by atoms with Gasteiger partial charge in [0, 0.05) is 26.7 Å². The van der Waals surface area contributed by atoms with Gasteiger partial charge in [0.05, 0.1) is 0 Å². The molecule has 0 aromatic carbocycles. The van der Waals surface area contributed by atoms with E-state index in [1.54, 1.807) is 0 Å². The van der Waals surface area contributed by atoms with Gasteiger partial charge in [-0.15, -0.1) is 6.58 Å². The number of rotatable bonds is 8. The van der Waals surface area contributed by atoms with E-state index in [2.05, 4.69) is 44.5 Å². The van der Waals surface area contributed by atoms with Crippen molar-refractivity contribution in [2.45, 2.75) is 45.6 Å². The van der Waals surface area contributed by atoms with Crippen LogP contribution in [0.15, 0.2) is 12.7 Å². The summed E-state index contributed by atoms with van der Waals surface area (Å²) in [5.74, 6) is 0. The van der Waals surface area contributed by atoms with Crippen molar-refractivity contribution >= 4 is 0 Å². The van der Waals surface area contributed by atoms with Crippen LogP contribution in [0.5, 0.6) is 0 Å². The molecule has 14 heavy (non-hydrogen) atoms. The first-order chi connectivity index (χ1) is 6.67. The zero-order valence-corrected chi connectivity index (χ0v) is 10.3. The maximum atomic E-state index is 3.76. The predicted molar refractivity (Wildman–Crippen MR) is 64.2 cm³/mol. The smallest absolute Gasteiger partial charge is 0.0243 e. The molecule has 0 aliphatic rings. The highest BCUT2D eigenvalue weighted by Crippen LogP contribution is 2.13. The minimum Gasteiger partial charge on any atom is -0.248 e. The second kappa shape index (κ2) is 8.01. The van der Waals surface area contributed by atoms with Gasteiger partial charge in [-0.1, -0.05) is 19.9 Å². The van der Waals surface area contributed by atoms with Crippen molar-refractivity contribution in [1.29, 1.82) is 0 Å². The first kappa shape index (κ1) is 13.7. The third-order valence-electron chi connectivity index (χ3n) is 2.68. The molecular weight excluding hydrogens is 172 g/mol. The van der Waals surface area contributed by atoms with Crippen molar-refractivity contribution < 1.29 is 0 Å². The molecule has 0 aromatic rings. The molecule has 0 aliphatic carbocycles. The molecule has 0 heterocycles. The minimum absolute atomic E-state index is 0.690. The summed E-state index contributed by atoms with van der Waals surface area (Å²) in [7, 11) is 4.25. The van der Waals surface area contributed by atoms with Crippen molar-refractivity contribution in [3.63, 3.8) is 0 Å². The molecule has 0 saturated carbocycles. The normalized spacial score (nSPS) is 13.6. The Bertz CT molecular complexity index is 143. The lowest BCUT2D eigenvalue weighted by Gasteiger charge is -2.35. The van der Waals surface area contributed by atoms with E-state index in [0.29, 0.717) is 6.04 Å². The number of hydrazine groups is 1. The van der Waals surface area contributed by atoms with Crippen molar-refractivity contribution in [2.24, 2.45) is 0 Å². The standard InChI is InChI=1S/C12H26N2/c1-6-9-10-11-12(7-2)14(8-3)13(4)5/h6,12H,1,7-11H2,2-5H3. The maximum absolute atomic E-state index is 3.76. The van der Waals surface area contributed by atoms with E-state index in [-0.39, 0.29) is 0 Å². The molecule has 0 saturated heterocycles. The number of hydrogen-bond acceptors (Lipinski definition) is 2. The summed E-state index contributed by atoms with van der Waals surface area (Å²) in [6.45, 7) is 9.34. The van der Waals surface area contributed by atoms with E-state index >= 15 is 0 Å². The number of nitrogens with zero attached hydrogens (tertiary/aromatic N) is 2. The van der Waals surface area contributed by atoms with Gasteiger partial charge in [-0.05, 0) is 25.7 Å². The van der Waals surface area contributed by atoms with Crippen molar-refractivity contribution in [3.8, 4) is 0 Å². The predicted octanol–water partition coefficient (Wildman–Crippen LogP) is 2.92. The summed E-state index contributed by atoms with van der Waals surface area (Å²) in [6.07, 6.45) is 6.91. The van der Waals surface area contributed by atoms with Crippen molar-refractivity contribution in [1.82, 2.24) is 10.0 Å². The molecule has 1 atom stereocenters. The summed E-state index contributed by atoms with van der Waals surface area (Å²) < 4.78 is 0. The molecule has 0 bridgehead atoms. The van der Waals surface area contributed by atoms with Gasteiger partial charge in [-0.3, -0.25) is 0 Å². The van der Waals surface area contributed by atoms with Crippen LogP contribution in [0.1, 0.15) is 39.5 Å². The average molecular weight is 198 g/mol. The van der Waals surface area contributed by atoms with Crippen molar-refractivity contribution in [3.05, 3.63) is 12.7 Å². The lowest BCUT2D eigenvalue weighted by atomic mass is 10.1. The van der Waals surface area contributed by atoms with Crippen LogP contribution in [0.25, 0.3) is 0 Å². The van der Waals surface area contributed by atoms with E-state index < -0.39 is 0 Å². The third-order valence-corrected chi connectivity index (χ3v) is 2.68. The summed E-state index contributed by atoms with van der Waals surface area (Å²) in [5, 5.41) is 4.64. The molecule has 0 fully saturated rings. The Morgan fingerprint density at radius 3 is 2.29 bits per heavy atom. The molecule has 2 heteroatoms. The van der Waals surface area contributed by atoms with Gasteiger partial charge in [0.15, 0.2) is 0 Å². The van der Waals surface area contributed by atoms with Gasteiger partial charge >= 0.3 is 0 Å². The van der Waals surface area contributed by atoms with E-state index in [4.69, 9.17) is 0 Å². The second-order valence-electron chi connectivity index (χ2n) is 3.88. The maximum Gasteiger partial charge on any atom is 0.0243 e. The Morgan fingerprint density at radius 1 is 1.29 bits per heavy atom. The fourth-order valence-corrected chi connectivity index (χ4v) is 1.93. The number of hydrogen-bond donors (Lipinski definition) is 0. The van der Waals surface area contributed by atoms with E-state index in [9.17, 15) is 0 Å². The third kappa shape index (κ3) is 4.77. The van der Waals surface area contributed by atoms with E-state index in [1.807, 2.05) is 6.08 Å². The van der Waals surface area contributed by atoms with Gasteiger partial charge in [-0.2, -0.15) is 0 Å². The molecule has 1 unspecified atom stereocenters. The topological polar surface area (TPSA) is 6.48 Å². The Morgan fingerprint density at radius 2 is 1.93 bits per heavy atom. The van der Waals surface area contributed by atoms with Gasteiger partial charge in [0.25, 0.3) is 0 Å². The highest BCUT2D eigenvalue weighted by Gasteiger charge is 2.15. The molecular formula is C12H26N2. The summed E-state index contributed by atoms with van der Waals surface area (Å²) in [6, 6.07) is 0.690. The van der Waals surface area contributed by atoms with Crippen LogP contribution in [0, 0.1) is 0 Å². The first-order valence-electron chi connectivity index (χ1n) is 5.72. The SMILES string of the molecule is C=CCCCC(CC)N(CC)N(C)C. The number of allylic oxidation sites excluding steroid dienone is 1. The van der Waals surface area contributed by atoms with Crippen LogP contribution in [0.4, 0.5) is 0 Å². The van der Waals surface area contributed by atoms with E-state index in [0.717, 1.165) is 13.0 Å². The van der Waals surface area contributed by atoms with Crippen LogP contribution >= 0.6 is 0 Å². The summed E-state index contributed by atoms with van der Waals surface area (Å²) in [4.78, 5) is 0. The summed E-state index contributed by atoms with van der Waals surface area (Å²) in [5.41, 5.74) is 0. The lowest BCUT2D eigenvalue weighted by molar-refractivity contribution is -0.0185. The zero-order chi connectivity index (χ0) is 11.0. The highest BCUT2D eigenvalue weighted by atomic mass is 15.6. The molecule has 0 amide bonds. The Kier molecular flexibility index (Phi) is 7.81. The molecule has 0 aromatic heterocycles. The van der Waals surface area contributed by atoms with E-state index in [1.165, 1.54) is 19.3 Å². The average Bonchev–Trinajstić information content (AvgIpc) is 2.16. The Labute approximate surface area is 89.6 Å². The fourth-order valence-electron chi connectivity index (χ4n) is 1.93. The second-order valence-corrected chi connectivity index (χ2v) is 3.88. The molecule has 0 N–H and O–H groups in total. The minimum atomic E-state index is 0.690. The monoisotopic (exact) mass is 198 g/mol. The van der Waals surface area contributed by atoms with Crippen molar-refractivity contribution in [2.75, 3.05) is 20.6 Å². The van der Waals surface area contributed by atoms with Gasteiger partial charge in [0.2, 0.25) is 0 Å². The first-order valence-corrected chi connectivity index (χ1v) is 5.72.